The Morgan fingerprint density at radius 3 is 2.73 bits per heavy atom. The van der Waals surface area contributed by atoms with Crippen LogP contribution in [0.3, 0.4) is 0 Å². The second-order valence-electron chi connectivity index (χ2n) is 3.61. The predicted molar refractivity (Wildman–Crippen MR) is 61.1 cm³/mol. The van der Waals surface area contributed by atoms with Crippen LogP contribution in [0.15, 0.2) is 29.2 Å². The van der Waals surface area contributed by atoms with Crippen LogP contribution in [-0.4, -0.2) is 31.1 Å². The van der Waals surface area contributed by atoms with Crippen LogP contribution in [0.25, 0.3) is 0 Å². The van der Waals surface area contributed by atoms with E-state index in [4.69, 9.17) is 16.0 Å². The summed E-state index contributed by atoms with van der Waals surface area (Å²) in [5.74, 6) is 0.872. The maximum Gasteiger partial charge on any atom is 0.193 e. The van der Waals surface area contributed by atoms with Crippen LogP contribution >= 0.6 is 11.6 Å². The van der Waals surface area contributed by atoms with Crippen LogP contribution in [-0.2, 0) is 0 Å². The van der Waals surface area contributed by atoms with Gasteiger partial charge in [-0.15, -0.1) is 6.58 Å². The van der Waals surface area contributed by atoms with Gasteiger partial charge in [0, 0.05) is 26.2 Å². The Hall–Kier alpha value is -0.770. The monoisotopic (exact) mass is 226 g/mol. The molecule has 0 aromatic carbocycles. The van der Waals surface area contributed by atoms with Crippen LogP contribution < -0.4 is 5.32 Å². The van der Waals surface area contributed by atoms with Gasteiger partial charge in [-0.3, -0.25) is 4.90 Å². The summed E-state index contributed by atoms with van der Waals surface area (Å²) in [6, 6.07) is 3.83. The average molecular weight is 227 g/mol. The Labute approximate surface area is 94.7 Å². The molecule has 0 saturated carbocycles. The van der Waals surface area contributed by atoms with E-state index in [1.165, 1.54) is 0 Å². The molecular weight excluding hydrogens is 212 g/mol. The lowest BCUT2D eigenvalue weighted by Gasteiger charge is -2.31. The highest BCUT2D eigenvalue weighted by Gasteiger charge is 2.21. The maximum atomic E-state index is 5.77. The summed E-state index contributed by atoms with van der Waals surface area (Å²) in [7, 11) is 0. The predicted octanol–water partition coefficient (Wildman–Crippen LogP) is 2.07. The third-order valence-electron chi connectivity index (χ3n) is 2.65. The highest BCUT2D eigenvalue weighted by molar-refractivity contribution is 6.28. The van der Waals surface area contributed by atoms with Gasteiger partial charge < -0.3 is 9.73 Å². The van der Waals surface area contributed by atoms with E-state index >= 15 is 0 Å². The second kappa shape index (κ2) is 4.84. The summed E-state index contributed by atoms with van der Waals surface area (Å²) in [5, 5.41) is 3.75. The molecule has 15 heavy (non-hydrogen) atoms. The minimum atomic E-state index is 0.139. The van der Waals surface area contributed by atoms with Gasteiger partial charge in [0.1, 0.15) is 5.76 Å². The zero-order valence-corrected chi connectivity index (χ0v) is 9.33. The highest BCUT2D eigenvalue weighted by atomic mass is 35.5. The van der Waals surface area contributed by atoms with E-state index in [1.807, 2.05) is 12.1 Å². The van der Waals surface area contributed by atoms with Gasteiger partial charge in [0.15, 0.2) is 5.22 Å². The van der Waals surface area contributed by atoms with E-state index in [1.54, 1.807) is 6.07 Å². The molecule has 1 aliphatic heterocycles. The second-order valence-corrected chi connectivity index (χ2v) is 3.98. The molecular formula is C11H15ClN2O. The maximum absolute atomic E-state index is 5.77. The summed E-state index contributed by atoms with van der Waals surface area (Å²) in [5.41, 5.74) is 0. The molecule has 1 aliphatic rings. The Kier molecular flexibility index (Phi) is 3.46. The molecule has 0 bridgehead atoms. The third kappa shape index (κ3) is 2.43. The van der Waals surface area contributed by atoms with E-state index in [0.717, 1.165) is 31.9 Å². The first-order valence-corrected chi connectivity index (χ1v) is 5.51. The van der Waals surface area contributed by atoms with Gasteiger partial charge in [-0.1, -0.05) is 6.08 Å². The van der Waals surface area contributed by atoms with Gasteiger partial charge in [0.2, 0.25) is 0 Å². The summed E-state index contributed by atoms with van der Waals surface area (Å²) in [6.45, 7) is 7.90. The summed E-state index contributed by atoms with van der Waals surface area (Å²) in [4.78, 5) is 2.33. The van der Waals surface area contributed by atoms with Gasteiger partial charge in [-0.2, -0.15) is 0 Å². The van der Waals surface area contributed by atoms with Crippen molar-refractivity contribution < 1.29 is 4.42 Å². The summed E-state index contributed by atoms with van der Waals surface area (Å²) < 4.78 is 5.42. The van der Waals surface area contributed by atoms with Crippen molar-refractivity contribution in [2.24, 2.45) is 0 Å². The minimum Gasteiger partial charge on any atom is -0.448 e. The lowest BCUT2D eigenvalue weighted by molar-refractivity contribution is 0.185. The Balaban J connectivity index is 2.12. The summed E-state index contributed by atoms with van der Waals surface area (Å²) in [6.07, 6.45) is 1.90. The normalized spacial score (nSPS) is 20.1. The molecule has 0 amide bonds. The highest BCUT2D eigenvalue weighted by Crippen LogP contribution is 2.25. The molecule has 3 nitrogen and oxygen atoms in total. The Morgan fingerprint density at radius 1 is 1.47 bits per heavy atom. The quantitative estimate of drug-likeness (QED) is 0.800. The van der Waals surface area contributed by atoms with Crippen molar-refractivity contribution >= 4 is 11.6 Å². The molecule has 1 saturated heterocycles. The lowest BCUT2D eigenvalue weighted by atomic mass is 10.1. The van der Waals surface area contributed by atoms with Crippen LogP contribution in [0.5, 0.6) is 0 Å². The molecule has 0 radical (unpaired) electrons. The lowest BCUT2D eigenvalue weighted by Crippen LogP contribution is -2.44. The first-order chi connectivity index (χ1) is 7.31. The Morgan fingerprint density at radius 2 is 2.20 bits per heavy atom. The zero-order valence-electron chi connectivity index (χ0n) is 8.58. The number of hydrogen-bond donors (Lipinski definition) is 1. The molecule has 0 aliphatic carbocycles. The van der Waals surface area contributed by atoms with Crippen LogP contribution in [0.4, 0.5) is 0 Å². The number of halogens is 1. The van der Waals surface area contributed by atoms with Crippen molar-refractivity contribution in [2.45, 2.75) is 6.04 Å². The molecule has 2 heterocycles. The van der Waals surface area contributed by atoms with Crippen LogP contribution in [0.1, 0.15) is 11.8 Å². The molecule has 1 aromatic rings. The molecule has 4 heteroatoms. The van der Waals surface area contributed by atoms with E-state index in [-0.39, 0.29) is 6.04 Å². The van der Waals surface area contributed by atoms with Gasteiger partial charge in [-0.25, -0.2) is 0 Å². The number of nitrogens with one attached hydrogen (secondary N) is 1. The van der Waals surface area contributed by atoms with Crippen molar-refractivity contribution in [3.8, 4) is 0 Å². The SMILES string of the molecule is C=C[C@@H](c1ccc(Cl)o1)N1CCNCC1. The number of rotatable bonds is 3. The molecule has 1 aromatic heterocycles. The molecule has 1 atom stereocenters. The standard InChI is InChI=1S/C11H15ClN2O/c1-2-9(10-3-4-11(12)15-10)14-7-5-13-6-8-14/h2-4,9,13H,1,5-8H2/t9-/m0/s1. The average Bonchev–Trinajstić information content (AvgIpc) is 2.68. The third-order valence-corrected chi connectivity index (χ3v) is 2.86. The van der Waals surface area contributed by atoms with Gasteiger partial charge in [0.25, 0.3) is 0 Å². The number of hydrogen-bond acceptors (Lipinski definition) is 3. The molecule has 1 N–H and O–H groups in total. The van der Waals surface area contributed by atoms with Crippen molar-refractivity contribution in [1.82, 2.24) is 10.2 Å². The van der Waals surface area contributed by atoms with E-state index in [9.17, 15) is 0 Å². The first-order valence-electron chi connectivity index (χ1n) is 5.14. The van der Waals surface area contributed by atoms with Gasteiger partial charge in [-0.05, 0) is 23.7 Å². The smallest absolute Gasteiger partial charge is 0.193 e. The van der Waals surface area contributed by atoms with Crippen LogP contribution in [0, 0.1) is 0 Å². The fourth-order valence-electron chi connectivity index (χ4n) is 1.89. The van der Waals surface area contributed by atoms with Gasteiger partial charge >= 0.3 is 0 Å². The molecule has 0 unspecified atom stereocenters. The van der Waals surface area contributed by atoms with E-state index < -0.39 is 0 Å². The topological polar surface area (TPSA) is 28.4 Å². The zero-order chi connectivity index (χ0) is 10.7. The van der Waals surface area contributed by atoms with Crippen LogP contribution in [0.2, 0.25) is 5.22 Å². The fourth-order valence-corrected chi connectivity index (χ4v) is 2.04. The molecule has 0 spiro atoms. The number of furan rings is 1. The minimum absolute atomic E-state index is 0.139. The van der Waals surface area contributed by atoms with Crippen molar-refractivity contribution in [2.75, 3.05) is 26.2 Å². The summed E-state index contributed by atoms with van der Waals surface area (Å²) >= 11 is 5.77. The molecule has 1 fully saturated rings. The number of piperazine rings is 1. The number of nitrogens with zero attached hydrogens (tertiary/aromatic N) is 1. The van der Waals surface area contributed by atoms with Crippen molar-refractivity contribution in [1.29, 1.82) is 0 Å². The molecule has 82 valence electrons. The molecule has 2 rings (SSSR count). The van der Waals surface area contributed by atoms with Gasteiger partial charge in [0.05, 0.1) is 6.04 Å². The van der Waals surface area contributed by atoms with E-state index in [2.05, 4.69) is 16.8 Å². The van der Waals surface area contributed by atoms with E-state index in [0.29, 0.717) is 5.22 Å². The largest absolute Gasteiger partial charge is 0.448 e. The Bertz CT molecular complexity index is 331. The first kappa shape index (κ1) is 10.7. The van der Waals surface area contributed by atoms with Crippen molar-refractivity contribution in [3.05, 3.63) is 35.8 Å². The van der Waals surface area contributed by atoms with Crippen molar-refractivity contribution in [3.63, 3.8) is 0 Å². The fraction of sp³-hybridized carbons (Fsp3) is 0.455.